The van der Waals surface area contributed by atoms with Crippen molar-refractivity contribution in [3.8, 4) is 11.8 Å². The molecule has 0 spiro atoms. The van der Waals surface area contributed by atoms with Gasteiger partial charge in [-0.1, -0.05) is 72.0 Å². The number of nitrogens with zero attached hydrogens (tertiary/aromatic N) is 1. The predicted molar refractivity (Wildman–Crippen MR) is 121 cm³/mol. The first-order chi connectivity index (χ1) is 15.4. The monoisotopic (exact) mass is 457 g/mol. The molecule has 8 heteroatoms. The van der Waals surface area contributed by atoms with Crippen LogP contribution >= 0.6 is 0 Å². The number of carbonyl (C=O) groups is 1. The summed E-state index contributed by atoms with van der Waals surface area (Å²) in [7, 11) is -2.56. The van der Waals surface area contributed by atoms with Gasteiger partial charge in [0, 0.05) is 6.54 Å². The minimum Gasteiger partial charge on any atom is -0.438 e. The van der Waals surface area contributed by atoms with Crippen molar-refractivity contribution in [2.45, 2.75) is 18.4 Å². The molecule has 0 N–H and O–H groups in total. The summed E-state index contributed by atoms with van der Waals surface area (Å²) in [4.78, 5) is 11.1. The Morgan fingerprint density at radius 2 is 1.75 bits per heavy atom. The first-order valence-corrected chi connectivity index (χ1v) is 11.4. The van der Waals surface area contributed by atoms with Crippen LogP contribution in [-0.4, -0.2) is 52.3 Å². The normalized spacial score (nSPS) is 11.2. The van der Waals surface area contributed by atoms with Gasteiger partial charge in [-0.15, -0.1) is 0 Å². The SMILES string of the molecule is COC(=O)OCC#CCN(C/C=C\COCc1ccccc1)S(=O)(=O)c1ccc(C)cc1. The van der Waals surface area contributed by atoms with Gasteiger partial charge in [-0.05, 0) is 24.6 Å². The Hall–Kier alpha value is -3.12. The van der Waals surface area contributed by atoms with E-state index in [9.17, 15) is 13.2 Å². The zero-order valence-corrected chi connectivity index (χ0v) is 19.0. The minimum absolute atomic E-state index is 0.0596. The molecule has 0 saturated heterocycles. The Balaban J connectivity index is 1.98. The molecule has 0 atom stereocenters. The molecule has 0 amide bonds. The number of aryl methyl sites for hydroxylation is 1. The summed E-state index contributed by atoms with van der Waals surface area (Å²) >= 11 is 0. The highest BCUT2D eigenvalue weighted by molar-refractivity contribution is 7.89. The van der Waals surface area contributed by atoms with E-state index >= 15 is 0 Å². The molecule has 0 aliphatic heterocycles. The van der Waals surface area contributed by atoms with Crippen molar-refractivity contribution < 1.29 is 27.4 Å². The lowest BCUT2D eigenvalue weighted by Gasteiger charge is -2.18. The number of benzene rings is 2. The van der Waals surface area contributed by atoms with Gasteiger partial charge in [-0.3, -0.25) is 0 Å². The van der Waals surface area contributed by atoms with Crippen molar-refractivity contribution in [1.29, 1.82) is 0 Å². The molecule has 0 aliphatic rings. The van der Waals surface area contributed by atoms with Crippen molar-refractivity contribution in [1.82, 2.24) is 4.31 Å². The largest absolute Gasteiger partial charge is 0.508 e. The molecule has 2 aromatic carbocycles. The first kappa shape index (κ1) is 25.1. The molecule has 2 rings (SSSR count). The Bertz CT molecular complexity index is 1040. The lowest BCUT2D eigenvalue weighted by Crippen LogP contribution is -2.31. The van der Waals surface area contributed by atoms with E-state index in [2.05, 4.69) is 21.3 Å². The lowest BCUT2D eigenvalue weighted by atomic mass is 10.2. The van der Waals surface area contributed by atoms with Crippen LogP contribution in [-0.2, 0) is 30.8 Å². The maximum absolute atomic E-state index is 13.1. The maximum Gasteiger partial charge on any atom is 0.508 e. The lowest BCUT2D eigenvalue weighted by molar-refractivity contribution is 0.0832. The molecule has 0 aliphatic carbocycles. The van der Waals surface area contributed by atoms with Crippen LogP contribution in [0.5, 0.6) is 0 Å². The summed E-state index contributed by atoms with van der Waals surface area (Å²) in [6.45, 7) is 2.59. The molecule has 0 bridgehead atoms. The van der Waals surface area contributed by atoms with Crippen LogP contribution in [0.25, 0.3) is 0 Å². The summed E-state index contributed by atoms with van der Waals surface area (Å²) in [6.07, 6.45) is 2.65. The Morgan fingerprint density at radius 3 is 2.44 bits per heavy atom. The number of sulfonamides is 1. The molecule has 2 aromatic rings. The number of carbonyl (C=O) groups excluding carboxylic acids is 1. The average molecular weight is 458 g/mol. The van der Waals surface area contributed by atoms with Crippen LogP contribution in [0.4, 0.5) is 4.79 Å². The number of rotatable bonds is 10. The van der Waals surface area contributed by atoms with Crippen molar-refractivity contribution in [3.05, 3.63) is 77.9 Å². The molecule has 0 saturated carbocycles. The third kappa shape index (κ3) is 8.55. The van der Waals surface area contributed by atoms with Crippen molar-refractivity contribution >= 4 is 16.2 Å². The fraction of sp³-hybridized carbons (Fsp3) is 0.292. The average Bonchev–Trinajstić information content (AvgIpc) is 2.80. The van der Waals surface area contributed by atoms with E-state index in [0.29, 0.717) is 13.2 Å². The molecule has 0 aromatic heterocycles. The second-order valence-electron chi connectivity index (χ2n) is 6.68. The molecule has 0 radical (unpaired) electrons. The molecule has 32 heavy (non-hydrogen) atoms. The second-order valence-corrected chi connectivity index (χ2v) is 8.62. The van der Waals surface area contributed by atoms with Gasteiger partial charge in [0.1, 0.15) is 0 Å². The van der Waals surface area contributed by atoms with Crippen molar-refractivity contribution in [3.63, 3.8) is 0 Å². The van der Waals surface area contributed by atoms with E-state index in [4.69, 9.17) is 4.74 Å². The van der Waals surface area contributed by atoms with Crippen LogP contribution in [0.1, 0.15) is 11.1 Å². The molecule has 7 nitrogen and oxygen atoms in total. The smallest absolute Gasteiger partial charge is 0.438 e. The molecule has 170 valence electrons. The molecular weight excluding hydrogens is 430 g/mol. The van der Waals surface area contributed by atoms with E-state index in [-0.39, 0.29) is 24.6 Å². The van der Waals surface area contributed by atoms with Crippen LogP contribution in [0.3, 0.4) is 0 Å². The van der Waals surface area contributed by atoms with E-state index in [0.717, 1.165) is 11.1 Å². The molecule has 0 unspecified atom stereocenters. The first-order valence-electron chi connectivity index (χ1n) is 9.93. The van der Waals surface area contributed by atoms with Gasteiger partial charge in [-0.25, -0.2) is 13.2 Å². The van der Waals surface area contributed by atoms with E-state index in [1.54, 1.807) is 36.4 Å². The molecule has 0 heterocycles. The van der Waals surface area contributed by atoms with Crippen molar-refractivity contribution in [2.24, 2.45) is 0 Å². The fourth-order valence-corrected chi connectivity index (χ4v) is 3.83. The number of methoxy groups -OCH3 is 1. The Labute approximate surface area is 189 Å². The summed E-state index contributed by atoms with van der Waals surface area (Å²) < 4.78 is 42.0. The van der Waals surface area contributed by atoms with Gasteiger partial charge in [0.2, 0.25) is 10.0 Å². The van der Waals surface area contributed by atoms with E-state index < -0.39 is 16.2 Å². The number of hydrogen-bond donors (Lipinski definition) is 0. The zero-order valence-electron chi connectivity index (χ0n) is 18.2. The summed E-state index contributed by atoms with van der Waals surface area (Å²) in [5.74, 6) is 5.34. The van der Waals surface area contributed by atoms with Crippen molar-refractivity contribution in [2.75, 3.05) is 33.4 Å². The van der Waals surface area contributed by atoms with E-state index in [1.165, 1.54) is 11.4 Å². The molecular formula is C24H27NO6S. The summed E-state index contributed by atoms with van der Waals surface area (Å²) in [6, 6.07) is 16.4. The third-order valence-electron chi connectivity index (χ3n) is 4.27. The minimum atomic E-state index is -3.76. The third-order valence-corrected chi connectivity index (χ3v) is 6.10. The predicted octanol–water partition coefficient (Wildman–Crippen LogP) is 3.55. The van der Waals surface area contributed by atoms with Crippen LogP contribution in [0.2, 0.25) is 0 Å². The van der Waals surface area contributed by atoms with Crippen LogP contribution in [0.15, 0.2) is 71.6 Å². The van der Waals surface area contributed by atoms with Gasteiger partial charge in [-0.2, -0.15) is 4.31 Å². The Kier molecular flexibility index (Phi) is 10.5. The summed E-state index contributed by atoms with van der Waals surface area (Å²) in [5, 5.41) is 0. The highest BCUT2D eigenvalue weighted by Gasteiger charge is 2.22. The summed E-state index contributed by atoms with van der Waals surface area (Å²) in [5.41, 5.74) is 2.03. The number of hydrogen-bond acceptors (Lipinski definition) is 6. The standard InChI is InChI=1S/C24H27NO6S/c1-21-12-14-23(15-13-21)32(27,28)25(17-7-9-19-31-24(26)29-2)16-6-8-18-30-20-22-10-4-3-5-11-22/h3-6,8,10-15H,16-20H2,1-2H3/b8-6-. The fourth-order valence-electron chi connectivity index (χ4n) is 2.54. The van der Waals surface area contributed by atoms with Gasteiger partial charge in [0.05, 0.1) is 31.8 Å². The maximum atomic E-state index is 13.1. The van der Waals surface area contributed by atoms with Gasteiger partial charge < -0.3 is 14.2 Å². The van der Waals surface area contributed by atoms with Gasteiger partial charge in [0.25, 0.3) is 0 Å². The zero-order chi connectivity index (χ0) is 23.2. The highest BCUT2D eigenvalue weighted by Crippen LogP contribution is 2.16. The van der Waals surface area contributed by atoms with Crippen LogP contribution in [0, 0.1) is 18.8 Å². The second kappa shape index (κ2) is 13.3. The topological polar surface area (TPSA) is 82.1 Å². The quantitative estimate of drug-likeness (QED) is 0.235. The number of ether oxygens (including phenoxy) is 3. The Morgan fingerprint density at radius 1 is 1.03 bits per heavy atom. The van der Waals surface area contributed by atoms with Gasteiger partial charge >= 0.3 is 6.16 Å². The van der Waals surface area contributed by atoms with E-state index in [1.807, 2.05) is 37.3 Å². The highest BCUT2D eigenvalue weighted by atomic mass is 32.2. The van der Waals surface area contributed by atoms with Crippen LogP contribution < -0.4 is 0 Å². The van der Waals surface area contributed by atoms with Gasteiger partial charge in [0.15, 0.2) is 6.61 Å². The molecule has 0 fully saturated rings.